The highest BCUT2D eigenvalue weighted by atomic mass is 16.3. The van der Waals surface area contributed by atoms with Gasteiger partial charge in [-0.25, -0.2) is 0 Å². The van der Waals surface area contributed by atoms with Gasteiger partial charge in [-0.1, -0.05) is 31.9 Å². The average Bonchev–Trinajstić information content (AvgIpc) is 2.81. The van der Waals surface area contributed by atoms with Crippen molar-refractivity contribution >= 4 is 35.8 Å². The molecule has 2 N–H and O–H groups in total. The van der Waals surface area contributed by atoms with Gasteiger partial charge in [0.2, 0.25) is 0 Å². The molecule has 29 heavy (non-hydrogen) atoms. The molecule has 0 amide bonds. The normalized spacial score (nSPS) is 11.8. The van der Waals surface area contributed by atoms with E-state index in [1.54, 1.807) is 13.0 Å². The quantitative estimate of drug-likeness (QED) is 0.610. The number of aldehydes is 2. The van der Waals surface area contributed by atoms with E-state index in [4.69, 9.17) is 4.79 Å². The number of rotatable bonds is 3. The van der Waals surface area contributed by atoms with Gasteiger partial charge < -0.3 is 24.9 Å². The lowest BCUT2D eigenvalue weighted by molar-refractivity contribution is -0.107. The number of fused-ring (bicyclic) bond motifs is 1. The standard InChI is InChI=1S/C15H16N2O2.C5H6O.C2H6.CH2O/c18-10-14-13-3-2-12(17-7-5-16-6-8-17)9-11(13)1-4-15(14)19;1-2-3-4-5-6;2*1-2/h1-4,9-10,16,19H,5-8H2;5H,4H2,1H3;1-2H3;1H2. The number of anilines is 1. The Hall–Kier alpha value is -3.17. The molecule has 0 aliphatic carbocycles. The number of phenols is 1. The Labute approximate surface area is 172 Å². The van der Waals surface area contributed by atoms with Crippen molar-refractivity contribution in [2.45, 2.75) is 27.2 Å². The first-order chi connectivity index (χ1) is 14.2. The van der Waals surface area contributed by atoms with Crippen LogP contribution in [-0.4, -0.2) is 50.6 Å². The first-order valence-electron chi connectivity index (χ1n) is 9.50. The lowest BCUT2D eigenvalue weighted by Crippen LogP contribution is -2.43. The van der Waals surface area contributed by atoms with Crippen molar-refractivity contribution in [1.82, 2.24) is 5.32 Å². The van der Waals surface area contributed by atoms with Gasteiger partial charge in [-0.3, -0.25) is 4.79 Å². The van der Waals surface area contributed by atoms with Crippen LogP contribution < -0.4 is 10.2 Å². The molecule has 0 unspecified atom stereocenters. The van der Waals surface area contributed by atoms with E-state index in [0.717, 1.165) is 48.9 Å². The minimum absolute atomic E-state index is 0.0393. The second kappa shape index (κ2) is 15.8. The number of phenolic OH excluding ortho intramolecular Hbond substituents is 1. The largest absolute Gasteiger partial charge is 0.507 e. The van der Waals surface area contributed by atoms with E-state index in [2.05, 4.69) is 28.1 Å². The van der Waals surface area contributed by atoms with Crippen molar-refractivity contribution in [3.05, 3.63) is 35.9 Å². The van der Waals surface area contributed by atoms with Crippen LogP contribution in [0.4, 0.5) is 5.69 Å². The third-order valence-corrected chi connectivity index (χ3v) is 3.98. The van der Waals surface area contributed by atoms with Crippen molar-refractivity contribution < 1.29 is 19.5 Å². The summed E-state index contributed by atoms with van der Waals surface area (Å²) in [6.07, 6.45) is 1.87. The monoisotopic (exact) mass is 398 g/mol. The van der Waals surface area contributed by atoms with Gasteiger partial charge in [-0.15, -0.1) is 5.92 Å². The van der Waals surface area contributed by atoms with Gasteiger partial charge in [0.05, 0.1) is 12.0 Å². The lowest BCUT2D eigenvalue weighted by Gasteiger charge is -2.29. The molecule has 1 fully saturated rings. The molecule has 1 heterocycles. The molecular weight excluding hydrogens is 368 g/mol. The van der Waals surface area contributed by atoms with Gasteiger partial charge in [0.1, 0.15) is 18.8 Å². The van der Waals surface area contributed by atoms with E-state index >= 15 is 0 Å². The van der Waals surface area contributed by atoms with Gasteiger partial charge in [0.25, 0.3) is 0 Å². The Morgan fingerprint density at radius 3 is 2.31 bits per heavy atom. The summed E-state index contributed by atoms with van der Waals surface area (Å²) in [7, 11) is 0. The highest BCUT2D eigenvalue weighted by Gasteiger charge is 2.12. The lowest BCUT2D eigenvalue weighted by atomic mass is 10.0. The van der Waals surface area contributed by atoms with Gasteiger partial charge in [0, 0.05) is 31.9 Å². The molecule has 2 aromatic rings. The molecule has 156 valence electrons. The van der Waals surface area contributed by atoms with Gasteiger partial charge in [-0.2, -0.15) is 0 Å². The predicted molar refractivity (Wildman–Crippen MR) is 119 cm³/mol. The minimum Gasteiger partial charge on any atom is -0.507 e. The van der Waals surface area contributed by atoms with Crippen LogP contribution in [0.3, 0.4) is 0 Å². The molecule has 3 rings (SSSR count). The molecule has 0 spiro atoms. The summed E-state index contributed by atoms with van der Waals surface area (Å²) in [6, 6.07) is 9.43. The van der Waals surface area contributed by atoms with E-state index in [1.165, 1.54) is 0 Å². The van der Waals surface area contributed by atoms with Crippen LogP contribution in [0.1, 0.15) is 37.6 Å². The molecule has 0 atom stereocenters. The summed E-state index contributed by atoms with van der Waals surface area (Å²) < 4.78 is 0. The number of hydrogen-bond acceptors (Lipinski definition) is 6. The first-order valence-corrected chi connectivity index (χ1v) is 9.50. The summed E-state index contributed by atoms with van der Waals surface area (Å²) >= 11 is 0. The number of aromatic hydroxyl groups is 1. The number of carbonyl (C=O) groups excluding carboxylic acids is 3. The first kappa shape index (κ1) is 25.8. The summed E-state index contributed by atoms with van der Waals surface area (Å²) in [6.45, 7) is 11.7. The number of nitrogens with one attached hydrogen (secondary N) is 1. The van der Waals surface area contributed by atoms with Crippen molar-refractivity contribution in [2.75, 3.05) is 31.1 Å². The topological polar surface area (TPSA) is 86.7 Å². The number of piperazine rings is 1. The van der Waals surface area contributed by atoms with Crippen LogP contribution in [0.2, 0.25) is 0 Å². The fraction of sp³-hybridized carbons (Fsp3) is 0.348. The Morgan fingerprint density at radius 2 is 1.79 bits per heavy atom. The zero-order valence-corrected chi connectivity index (χ0v) is 17.4. The number of carbonyl (C=O) groups is 3. The molecule has 1 saturated heterocycles. The highest BCUT2D eigenvalue weighted by molar-refractivity contribution is 6.01. The van der Waals surface area contributed by atoms with Gasteiger partial charge in [-0.05, 0) is 35.9 Å². The van der Waals surface area contributed by atoms with Crippen LogP contribution in [-0.2, 0) is 9.59 Å². The summed E-state index contributed by atoms with van der Waals surface area (Å²) in [5.74, 6) is 5.21. The van der Waals surface area contributed by atoms with Crippen molar-refractivity contribution in [3.8, 4) is 17.6 Å². The molecule has 0 saturated carbocycles. The molecule has 6 nitrogen and oxygen atoms in total. The SMILES string of the molecule is C=O.CC.CC#CCC=O.O=Cc1c(O)ccc2cc(N3CCNCC3)ccc12. The third kappa shape index (κ3) is 8.16. The molecular formula is C23H30N2O4. The third-order valence-electron chi connectivity index (χ3n) is 3.98. The Morgan fingerprint density at radius 1 is 1.14 bits per heavy atom. The Kier molecular flexibility index (Phi) is 14.1. The van der Waals surface area contributed by atoms with Crippen LogP contribution in [0.5, 0.6) is 5.75 Å². The van der Waals surface area contributed by atoms with Crippen LogP contribution in [0.15, 0.2) is 30.3 Å². The molecule has 0 bridgehead atoms. The van der Waals surface area contributed by atoms with Gasteiger partial charge >= 0.3 is 0 Å². The van der Waals surface area contributed by atoms with Crippen LogP contribution >= 0.6 is 0 Å². The minimum atomic E-state index is 0.0393. The van der Waals surface area contributed by atoms with E-state index < -0.39 is 0 Å². The smallest absolute Gasteiger partial charge is 0.154 e. The number of hydrogen-bond donors (Lipinski definition) is 2. The molecule has 1 aliphatic rings. The molecule has 0 radical (unpaired) electrons. The summed E-state index contributed by atoms with van der Waals surface area (Å²) in [4.78, 5) is 30.8. The molecule has 0 aromatic heterocycles. The summed E-state index contributed by atoms with van der Waals surface area (Å²) in [5.41, 5.74) is 1.53. The van der Waals surface area contributed by atoms with E-state index in [1.807, 2.05) is 38.8 Å². The Bertz CT molecular complexity index is 819. The van der Waals surface area contributed by atoms with E-state index in [9.17, 15) is 14.7 Å². The number of nitrogens with zero attached hydrogens (tertiary/aromatic N) is 1. The fourth-order valence-electron chi connectivity index (χ4n) is 2.72. The van der Waals surface area contributed by atoms with Crippen molar-refractivity contribution in [2.24, 2.45) is 0 Å². The second-order valence-electron chi connectivity index (χ2n) is 5.56. The van der Waals surface area contributed by atoms with E-state index in [-0.39, 0.29) is 5.75 Å². The van der Waals surface area contributed by atoms with E-state index in [0.29, 0.717) is 18.3 Å². The molecule has 1 aliphatic heterocycles. The van der Waals surface area contributed by atoms with Crippen LogP contribution in [0.25, 0.3) is 10.8 Å². The zero-order valence-electron chi connectivity index (χ0n) is 17.4. The maximum Gasteiger partial charge on any atom is 0.154 e. The average molecular weight is 399 g/mol. The molecule has 6 heteroatoms. The maximum absolute atomic E-state index is 11.0. The molecule has 2 aromatic carbocycles. The number of benzene rings is 2. The van der Waals surface area contributed by atoms with Crippen molar-refractivity contribution in [3.63, 3.8) is 0 Å². The highest BCUT2D eigenvalue weighted by Crippen LogP contribution is 2.29. The summed E-state index contributed by atoms with van der Waals surface area (Å²) in [5, 5.41) is 14.8. The Balaban J connectivity index is 0.000000670. The second-order valence-corrected chi connectivity index (χ2v) is 5.56. The van der Waals surface area contributed by atoms with Crippen molar-refractivity contribution in [1.29, 1.82) is 0 Å². The zero-order chi connectivity index (χ0) is 22.1. The predicted octanol–water partition coefficient (Wildman–Crippen LogP) is 3.21. The fourth-order valence-corrected chi connectivity index (χ4v) is 2.72. The van der Waals surface area contributed by atoms with Gasteiger partial charge in [0.15, 0.2) is 6.29 Å². The van der Waals surface area contributed by atoms with Crippen LogP contribution in [0, 0.1) is 11.8 Å². The maximum atomic E-state index is 11.0.